The van der Waals surface area contributed by atoms with Crippen LogP contribution in [0.2, 0.25) is 0 Å². The van der Waals surface area contributed by atoms with Crippen LogP contribution in [-0.2, 0) is 50.3 Å². The minimum absolute atomic E-state index is 0.0287. The van der Waals surface area contributed by atoms with Crippen molar-refractivity contribution in [1.82, 2.24) is 0 Å². The Labute approximate surface area is 293 Å². The van der Waals surface area contributed by atoms with E-state index in [0.29, 0.717) is 0 Å². The van der Waals surface area contributed by atoms with Crippen LogP contribution in [0.25, 0.3) is 0 Å². The summed E-state index contributed by atoms with van der Waals surface area (Å²) in [7, 11) is 0. The van der Waals surface area contributed by atoms with E-state index in [1.54, 1.807) is 0 Å². The molecule has 2 saturated carbocycles. The van der Waals surface area contributed by atoms with Gasteiger partial charge in [0, 0.05) is 0 Å². The molecule has 0 aliphatic heterocycles. The second-order valence-corrected chi connectivity index (χ2v) is 15.7. The molecule has 0 spiro atoms. The van der Waals surface area contributed by atoms with Gasteiger partial charge in [-0.1, -0.05) is 90.5 Å². The Bertz CT molecular complexity index is 1270. The van der Waals surface area contributed by atoms with Crippen molar-refractivity contribution in [1.29, 1.82) is 0 Å². The standard InChI is InChI=1S/2C19H26O4S/c2*1-5-14-21-24(20)23-18-9-7-6-8-17(18)22-16-12-10-15(11-13-16)19(2,3)4/h2*1,10-13,17-18H,6-9,14H2,2-4H3. The fourth-order valence-electron chi connectivity index (χ4n) is 5.45. The number of hydrogen-bond acceptors (Lipinski definition) is 8. The van der Waals surface area contributed by atoms with Gasteiger partial charge in [-0.05, 0) is 84.7 Å². The van der Waals surface area contributed by atoms with Gasteiger partial charge in [0.25, 0.3) is 0 Å². The number of benzene rings is 2. The molecule has 4 rings (SSSR count). The second-order valence-electron chi connectivity index (χ2n) is 14.0. The maximum Gasteiger partial charge on any atom is 0.305 e. The molecule has 0 bridgehead atoms. The third kappa shape index (κ3) is 13.7. The highest BCUT2D eigenvalue weighted by atomic mass is 32.2. The fourth-order valence-corrected chi connectivity index (χ4v) is 6.74. The monoisotopic (exact) mass is 700 g/mol. The Morgan fingerprint density at radius 2 is 0.896 bits per heavy atom. The summed E-state index contributed by atoms with van der Waals surface area (Å²) in [5.74, 6) is 6.16. The number of ether oxygens (including phenoxy) is 2. The van der Waals surface area contributed by atoms with Gasteiger partial charge >= 0.3 is 22.7 Å². The average Bonchev–Trinajstić information content (AvgIpc) is 3.04. The first-order chi connectivity index (χ1) is 22.8. The van der Waals surface area contributed by atoms with Crippen molar-refractivity contribution in [3.05, 3.63) is 59.7 Å². The molecule has 0 saturated heterocycles. The molecule has 10 heteroatoms. The smallest absolute Gasteiger partial charge is 0.305 e. The van der Waals surface area contributed by atoms with E-state index in [-0.39, 0.29) is 48.5 Å². The van der Waals surface area contributed by atoms with E-state index < -0.39 is 22.7 Å². The predicted molar refractivity (Wildman–Crippen MR) is 192 cm³/mol. The molecule has 0 aromatic heterocycles. The van der Waals surface area contributed by atoms with Crippen molar-refractivity contribution in [3.63, 3.8) is 0 Å². The van der Waals surface area contributed by atoms with E-state index >= 15 is 0 Å². The quantitative estimate of drug-likeness (QED) is 0.207. The molecular formula is C38H52O8S2. The third-order valence-electron chi connectivity index (χ3n) is 8.18. The summed E-state index contributed by atoms with van der Waals surface area (Å²) in [6, 6.07) is 16.3. The molecule has 264 valence electrons. The normalized spacial score (nSPS) is 22.6. The number of hydrogen-bond donors (Lipinski definition) is 0. The van der Waals surface area contributed by atoms with Crippen molar-refractivity contribution in [2.75, 3.05) is 13.2 Å². The minimum atomic E-state index is -1.83. The minimum Gasteiger partial charge on any atom is -0.488 e. The SMILES string of the molecule is C#CCOS(=O)OC1CCCCC1Oc1ccc(C(C)(C)C)cc1.C#CCOS(=O)OC1CCCCC1Oc1ccc(C(C)(C)C)cc1. The summed E-state index contributed by atoms with van der Waals surface area (Å²) in [5.41, 5.74) is 2.74. The Balaban J connectivity index is 0.000000260. The zero-order valence-electron chi connectivity index (χ0n) is 29.2. The Hall–Kier alpha value is -2.70. The summed E-state index contributed by atoms with van der Waals surface area (Å²) in [6.45, 7) is 13.0. The molecule has 2 fully saturated rings. The van der Waals surface area contributed by atoms with Crippen LogP contribution < -0.4 is 9.47 Å². The summed E-state index contributed by atoms with van der Waals surface area (Å²) < 4.78 is 56.4. The van der Waals surface area contributed by atoms with Crippen LogP contribution in [0.3, 0.4) is 0 Å². The van der Waals surface area contributed by atoms with Gasteiger partial charge in [-0.2, -0.15) is 8.42 Å². The van der Waals surface area contributed by atoms with E-state index in [4.69, 9.17) is 39.1 Å². The van der Waals surface area contributed by atoms with Crippen molar-refractivity contribution in [2.45, 2.75) is 128 Å². The van der Waals surface area contributed by atoms with E-state index in [2.05, 4.69) is 77.6 Å². The van der Waals surface area contributed by atoms with E-state index in [9.17, 15) is 8.42 Å². The first-order valence-corrected chi connectivity index (χ1v) is 18.7. The zero-order chi connectivity index (χ0) is 35.2. The summed E-state index contributed by atoms with van der Waals surface area (Å²) in [6.07, 6.45) is 17.0. The Kier molecular flexibility index (Phi) is 16.1. The van der Waals surface area contributed by atoms with Gasteiger partial charge in [0.2, 0.25) is 0 Å². The molecule has 2 aromatic carbocycles. The molecular weight excluding hydrogens is 649 g/mol. The topological polar surface area (TPSA) is 89.5 Å². The number of terminal acetylenes is 2. The summed E-state index contributed by atoms with van der Waals surface area (Å²) >= 11 is -3.67. The average molecular weight is 701 g/mol. The largest absolute Gasteiger partial charge is 0.488 e. The van der Waals surface area contributed by atoms with Crippen LogP contribution in [0.4, 0.5) is 0 Å². The highest BCUT2D eigenvalue weighted by Gasteiger charge is 2.31. The lowest BCUT2D eigenvalue weighted by molar-refractivity contribution is 0.0238. The molecule has 2 aromatic rings. The van der Waals surface area contributed by atoms with Crippen LogP contribution in [0.1, 0.15) is 104 Å². The van der Waals surface area contributed by atoms with Gasteiger partial charge in [0.05, 0.1) is 0 Å². The van der Waals surface area contributed by atoms with Crippen molar-refractivity contribution < 1.29 is 34.6 Å². The van der Waals surface area contributed by atoms with Crippen molar-refractivity contribution in [3.8, 4) is 36.2 Å². The molecule has 0 amide bonds. The lowest BCUT2D eigenvalue weighted by Crippen LogP contribution is -2.37. The van der Waals surface area contributed by atoms with Crippen LogP contribution in [-0.4, -0.2) is 46.0 Å². The lowest BCUT2D eigenvalue weighted by atomic mass is 9.87. The first-order valence-electron chi connectivity index (χ1n) is 16.7. The second kappa shape index (κ2) is 19.5. The maximum absolute atomic E-state index is 11.7. The van der Waals surface area contributed by atoms with Crippen molar-refractivity contribution in [2.24, 2.45) is 0 Å². The van der Waals surface area contributed by atoms with Crippen LogP contribution >= 0.6 is 0 Å². The van der Waals surface area contributed by atoms with Gasteiger partial charge in [0.15, 0.2) is 0 Å². The molecule has 6 atom stereocenters. The van der Waals surface area contributed by atoms with E-state index in [0.717, 1.165) is 62.9 Å². The van der Waals surface area contributed by atoms with Crippen molar-refractivity contribution >= 4 is 22.7 Å². The highest BCUT2D eigenvalue weighted by Crippen LogP contribution is 2.30. The zero-order valence-corrected chi connectivity index (χ0v) is 30.9. The molecule has 0 heterocycles. The van der Waals surface area contributed by atoms with Crippen LogP contribution in [0, 0.1) is 24.7 Å². The predicted octanol–water partition coefficient (Wildman–Crippen LogP) is 7.84. The summed E-state index contributed by atoms with van der Waals surface area (Å²) in [5, 5.41) is 0. The first kappa shape index (κ1) is 39.7. The molecule has 48 heavy (non-hydrogen) atoms. The van der Waals surface area contributed by atoms with E-state index in [1.807, 2.05) is 24.3 Å². The molecule has 2 aliphatic rings. The molecule has 0 radical (unpaired) electrons. The molecule has 6 unspecified atom stereocenters. The highest BCUT2D eigenvalue weighted by molar-refractivity contribution is 7.75. The molecule has 2 aliphatic carbocycles. The maximum atomic E-state index is 11.7. The fraction of sp³-hybridized carbons (Fsp3) is 0.579. The third-order valence-corrected chi connectivity index (χ3v) is 9.61. The van der Waals surface area contributed by atoms with Crippen LogP contribution in [0.15, 0.2) is 48.5 Å². The molecule has 0 N–H and O–H groups in total. The van der Waals surface area contributed by atoms with Gasteiger partial charge in [-0.25, -0.2) is 0 Å². The van der Waals surface area contributed by atoms with Gasteiger partial charge in [0.1, 0.15) is 49.1 Å². The Morgan fingerprint density at radius 1 is 0.583 bits per heavy atom. The number of rotatable bonds is 12. The van der Waals surface area contributed by atoms with Gasteiger partial charge < -0.3 is 9.47 Å². The van der Waals surface area contributed by atoms with Gasteiger partial charge in [-0.15, -0.1) is 12.8 Å². The van der Waals surface area contributed by atoms with E-state index in [1.165, 1.54) is 11.1 Å². The van der Waals surface area contributed by atoms with Crippen LogP contribution in [0.5, 0.6) is 11.5 Å². The van der Waals surface area contributed by atoms with Gasteiger partial charge in [-0.3, -0.25) is 16.7 Å². The Morgan fingerprint density at radius 3 is 1.19 bits per heavy atom. The molecule has 8 nitrogen and oxygen atoms in total. The summed E-state index contributed by atoms with van der Waals surface area (Å²) in [4.78, 5) is 0. The lowest BCUT2D eigenvalue weighted by Gasteiger charge is -2.30.